The largest absolute Gasteiger partial charge is 1.00 e. The molecular formula is C10H10KNO6S2. The molecule has 10 heteroatoms. The fraction of sp³-hybridized carbons (Fsp3) is 0.300. The predicted molar refractivity (Wildman–Crippen MR) is 63.8 cm³/mol. The van der Waals surface area contributed by atoms with E-state index in [-0.39, 0.29) is 74.8 Å². The molecule has 0 saturated heterocycles. The number of hydrogen-bond donors (Lipinski definition) is 0. The second-order valence-corrected chi connectivity index (χ2v) is 7.35. The minimum Gasteiger partial charge on any atom is -0.748 e. The summed E-state index contributed by atoms with van der Waals surface area (Å²) >= 11 is 0. The zero-order valence-corrected chi connectivity index (χ0v) is 15.4. The van der Waals surface area contributed by atoms with E-state index in [9.17, 15) is 26.2 Å². The molecule has 1 aliphatic heterocycles. The van der Waals surface area contributed by atoms with Crippen molar-refractivity contribution in [3.05, 3.63) is 29.8 Å². The number of nitrogens with zero attached hydrogens (tertiary/aromatic N) is 1. The van der Waals surface area contributed by atoms with Crippen LogP contribution in [0.25, 0.3) is 0 Å². The fourth-order valence-corrected chi connectivity index (χ4v) is 3.93. The van der Waals surface area contributed by atoms with Crippen LogP contribution in [0.5, 0.6) is 0 Å². The second kappa shape index (κ2) is 6.52. The molecular weight excluding hydrogens is 333 g/mol. The number of hydrogen-bond acceptors (Lipinski definition) is 6. The first-order chi connectivity index (χ1) is 8.73. The van der Waals surface area contributed by atoms with Crippen LogP contribution in [-0.4, -0.2) is 43.9 Å². The number of carbonyl (C=O) groups excluding carboxylic acids is 1. The summed E-state index contributed by atoms with van der Waals surface area (Å²) in [5.74, 6) is -1.40. The first kappa shape index (κ1) is 18.2. The summed E-state index contributed by atoms with van der Waals surface area (Å²) in [6.45, 7) is -0.322. The first-order valence-electron chi connectivity index (χ1n) is 5.33. The van der Waals surface area contributed by atoms with Crippen LogP contribution in [0.15, 0.2) is 29.2 Å². The van der Waals surface area contributed by atoms with Crippen LogP contribution in [0.1, 0.15) is 16.8 Å². The summed E-state index contributed by atoms with van der Waals surface area (Å²) in [6, 6.07) is 5.74. The average molecular weight is 343 g/mol. The predicted octanol–water partition coefficient (Wildman–Crippen LogP) is -3.23. The van der Waals surface area contributed by atoms with Gasteiger partial charge in [0.1, 0.15) is 4.90 Å². The molecule has 0 atom stereocenters. The summed E-state index contributed by atoms with van der Waals surface area (Å²) in [5.41, 5.74) is 0.0625. The molecule has 0 aliphatic carbocycles. The van der Waals surface area contributed by atoms with Crippen LogP contribution in [0, 0.1) is 0 Å². The van der Waals surface area contributed by atoms with Gasteiger partial charge in [-0.25, -0.2) is 21.1 Å². The third-order valence-electron chi connectivity index (χ3n) is 2.67. The Labute approximate surface area is 159 Å². The molecule has 1 aromatic carbocycles. The van der Waals surface area contributed by atoms with E-state index in [1.54, 1.807) is 0 Å². The fourth-order valence-electron chi connectivity index (χ4n) is 1.84. The Morgan fingerprint density at radius 3 is 2.35 bits per heavy atom. The molecule has 0 bridgehead atoms. The number of benzene rings is 1. The zero-order valence-electron chi connectivity index (χ0n) is 10.6. The van der Waals surface area contributed by atoms with E-state index in [1.165, 1.54) is 24.3 Å². The van der Waals surface area contributed by atoms with Gasteiger partial charge in [0.25, 0.3) is 15.9 Å². The van der Waals surface area contributed by atoms with E-state index in [1.807, 2.05) is 0 Å². The standard InChI is InChI=1S/C10H11NO6S2.K/c12-10-8-4-1-2-5-9(8)19(16,17)11(10)6-3-7-18(13,14)15;/h1-2,4-5H,3,6-7H2,(H,13,14,15);/q;+1/p-1. The quantitative estimate of drug-likeness (QED) is 0.420. The van der Waals surface area contributed by atoms with E-state index in [0.717, 1.165) is 0 Å². The molecule has 0 fully saturated rings. The van der Waals surface area contributed by atoms with Crippen LogP contribution in [0.4, 0.5) is 0 Å². The van der Waals surface area contributed by atoms with Crippen molar-refractivity contribution in [2.75, 3.05) is 12.3 Å². The topological polar surface area (TPSA) is 112 Å². The van der Waals surface area contributed by atoms with Gasteiger partial charge in [0, 0.05) is 12.3 Å². The van der Waals surface area contributed by atoms with Crippen molar-refractivity contribution in [3.63, 3.8) is 0 Å². The average Bonchev–Trinajstić information content (AvgIpc) is 2.49. The van der Waals surface area contributed by atoms with Crippen molar-refractivity contribution in [1.82, 2.24) is 4.31 Å². The van der Waals surface area contributed by atoms with Crippen molar-refractivity contribution < 1.29 is 77.6 Å². The van der Waals surface area contributed by atoms with Gasteiger partial charge in [-0.15, -0.1) is 0 Å². The monoisotopic (exact) mass is 343 g/mol. The number of fused-ring (bicyclic) bond motifs is 1. The number of carbonyl (C=O) groups is 1. The van der Waals surface area contributed by atoms with Crippen LogP contribution in [-0.2, 0) is 20.1 Å². The summed E-state index contributed by atoms with van der Waals surface area (Å²) in [6.07, 6.45) is -0.217. The van der Waals surface area contributed by atoms with Gasteiger partial charge in [0.15, 0.2) is 0 Å². The molecule has 0 saturated carbocycles. The Bertz CT molecular complexity index is 728. The third-order valence-corrected chi connectivity index (χ3v) is 5.30. The molecule has 2 rings (SSSR count). The summed E-state index contributed by atoms with van der Waals surface area (Å²) in [5, 5.41) is 0. The molecule has 0 unspecified atom stereocenters. The van der Waals surface area contributed by atoms with Gasteiger partial charge < -0.3 is 4.55 Å². The molecule has 104 valence electrons. The maximum Gasteiger partial charge on any atom is 1.00 e. The van der Waals surface area contributed by atoms with Crippen molar-refractivity contribution in [2.45, 2.75) is 11.3 Å². The van der Waals surface area contributed by atoms with Crippen molar-refractivity contribution >= 4 is 26.0 Å². The van der Waals surface area contributed by atoms with Crippen molar-refractivity contribution in [3.8, 4) is 0 Å². The zero-order chi connectivity index (χ0) is 14.3. The molecule has 1 aliphatic rings. The Morgan fingerprint density at radius 1 is 1.20 bits per heavy atom. The van der Waals surface area contributed by atoms with E-state index in [2.05, 4.69) is 0 Å². The van der Waals surface area contributed by atoms with Crippen molar-refractivity contribution in [2.24, 2.45) is 0 Å². The molecule has 0 spiro atoms. The Morgan fingerprint density at radius 2 is 1.80 bits per heavy atom. The third kappa shape index (κ3) is 3.68. The Balaban J connectivity index is 0.00000200. The maximum atomic E-state index is 12.0. The SMILES string of the molecule is O=C1c2ccccc2S(=O)(=O)N1CCCS(=O)(=O)[O-].[K+]. The van der Waals surface area contributed by atoms with Crippen LogP contribution in [0.3, 0.4) is 0 Å². The number of rotatable bonds is 4. The number of amides is 1. The molecule has 0 N–H and O–H groups in total. The van der Waals surface area contributed by atoms with E-state index in [4.69, 9.17) is 0 Å². The van der Waals surface area contributed by atoms with E-state index in [0.29, 0.717) is 4.31 Å². The van der Waals surface area contributed by atoms with E-state index >= 15 is 0 Å². The summed E-state index contributed by atoms with van der Waals surface area (Å²) < 4.78 is 56.0. The van der Waals surface area contributed by atoms with Gasteiger partial charge in [0.2, 0.25) is 0 Å². The Hall–Kier alpha value is 0.186. The van der Waals surface area contributed by atoms with Crippen LogP contribution < -0.4 is 51.4 Å². The van der Waals surface area contributed by atoms with Gasteiger partial charge in [0.05, 0.1) is 15.7 Å². The van der Waals surface area contributed by atoms with Crippen LogP contribution >= 0.6 is 0 Å². The van der Waals surface area contributed by atoms with Gasteiger partial charge in [-0.05, 0) is 18.6 Å². The minimum absolute atomic E-state index is 0. The molecule has 1 aromatic rings. The number of sulfonamides is 1. The molecule has 0 aromatic heterocycles. The Kier molecular flexibility index (Phi) is 5.95. The minimum atomic E-state index is -4.42. The van der Waals surface area contributed by atoms with E-state index < -0.39 is 31.8 Å². The van der Waals surface area contributed by atoms with Crippen molar-refractivity contribution in [1.29, 1.82) is 0 Å². The molecule has 20 heavy (non-hydrogen) atoms. The van der Waals surface area contributed by atoms with Gasteiger partial charge in [-0.3, -0.25) is 4.79 Å². The molecule has 1 heterocycles. The molecule has 0 radical (unpaired) electrons. The second-order valence-electron chi connectivity index (χ2n) is 3.99. The van der Waals surface area contributed by atoms with Gasteiger partial charge in [-0.2, -0.15) is 0 Å². The molecule has 7 nitrogen and oxygen atoms in total. The van der Waals surface area contributed by atoms with Gasteiger partial charge >= 0.3 is 51.4 Å². The maximum absolute atomic E-state index is 12.0. The summed E-state index contributed by atoms with van der Waals surface area (Å²) in [7, 11) is -8.35. The molecule has 1 amide bonds. The van der Waals surface area contributed by atoms with Crippen LogP contribution in [0.2, 0.25) is 0 Å². The summed E-state index contributed by atoms with van der Waals surface area (Å²) in [4.78, 5) is 11.8. The van der Waals surface area contributed by atoms with Gasteiger partial charge in [-0.1, -0.05) is 12.1 Å². The normalized spacial score (nSPS) is 16.6. The first-order valence-corrected chi connectivity index (χ1v) is 8.35. The smallest absolute Gasteiger partial charge is 0.748 e.